The molecule has 4 atom stereocenters. The second-order valence-electron chi connectivity index (χ2n) is 15.6. The summed E-state index contributed by atoms with van der Waals surface area (Å²) in [4.78, 5) is 72.8. The number of carbonyl (C=O) groups excluding carboxylic acids is 6. The number of nitrogens with zero attached hydrogens (tertiary/aromatic N) is 2. The van der Waals surface area contributed by atoms with E-state index in [0.29, 0.717) is 50.1 Å². The molecule has 3 heterocycles. The minimum atomic E-state index is -3.30. The van der Waals surface area contributed by atoms with E-state index in [1.54, 1.807) is 97.9 Å². The Morgan fingerprint density at radius 3 is 1.61 bits per heavy atom. The molecule has 9 rings (SSSR count). The van der Waals surface area contributed by atoms with Crippen LogP contribution in [0.15, 0.2) is 150 Å². The lowest BCUT2D eigenvalue weighted by molar-refractivity contribution is 0.0259. The van der Waals surface area contributed by atoms with E-state index in [1.807, 2.05) is 42.5 Å². The number of Topliss-reactive ketones (excluding diaryl/α,β-unsaturated/α-hetero) is 3. The normalized spacial score (nSPS) is 16.7. The Bertz CT molecular complexity index is 3100. The molecule has 0 aliphatic carbocycles. The molecular weight excluding hydrogens is 859 g/mol. The number of esters is 2. The lowest BCUT2D eigenvalue weighted by Gasteiger charge is -2.18. The standard InChI is InChI=1S/C18H13NO3.C17H12N2O2.C17H14O5S/c1-11(16(20)13-8-6-12(10-19)7-9-13)17-14-4-2-3-5-15(14)18(21)22-17;18-10-11-5-7-12(8-6-11)16(20)9-15-13-3-1-2-4-14(13)17(21)19-15;1-23(20,21)12-8-6-11(7-9-12)15(18)10-16-13-4-2-3-5-14(13)17(19)22-16/h2-9,11,17H,1H3;1-8,15H,9H2,(H,19,21);2-9,16H,10H2,1H3. The fourth-order valence-corrected chi connectivity index (χ4v) is 8.35. The number of nitrogens with one attached hydrogen (secondary N) is 1. The Labute approximate surface area is 380 Å². The zero-order valence-electron chi connectivity index (χ0n) is 35.5. The molecule has 6 aromatic rings. The smallest absolute Gasteiger partial charge is 0.339 e. The molecule has 0 spiro atoms. The molecule has 3 aliphatic rings. The van der Waals surface area contributed by atoms with Gasteiger partial charge in [0.2, 0.25) is 0 Å². The maximum absolute atomic E-state index is 12.6. The molecule has 0 saturated heterocycles. The van der Waals surface area contributed by atoms with Gasteiger partial charge in [-0.1, -0.05) is 97.9 Å². The Morgan fingerprint density at radius 1 is 0.591 bits per heavy atom. The molecule has 328 valence electrons. The summed E-state index contributed by atoms with van der Waals surface area (Å²) in [6.45, 7) is 1.75. The summed E-state index contributed by atoms with van der Waals surface area (Å²) in [6, 6.07) is 43.9. The first-order valence-electron chi connectivity index (χ1n) is 20.6. The lowest BCUT2D eigenvalue weighted by Crippen LogP contribution is -2.21. The summed E-state index contributed by atoms with van der Waals surface area (Å²) in [6.07, 6.45) is 0.196. The van der Waals surface area contributed by atoms with Gasteiger partial charge in [-0.2, -0.15) is 10.5 Å². The molecule has 1 amide bonds. The van der Waals surface area contributed by atoms with E-state index in [-0.39, 0.29) is 53.0 Å². The van der Waals surface area contributed by atoms with Crippen molar-refractivity contribution in [2.24, 2.45) is 5.92 Å². The van der Waals surface area contributed by atoms with E-state index in [0.717, 1.165) is 17.4 Å². The third kappa shape index (κ3) is 10.0. The minimum Gasteiger partial charge on any atom is -0.453 e. The number of fused-ring (bicyclic) bond motifs is 3. The fourth-order valence-electron chi connectivity index (χ4n) is 7.72. The van der Waals surface area contributed by atoms with Crippen LogP contribution in [0.4, 0.5) is 0 Å². The molecule has 0 saturated carbocycles. The second-order valence-corrected chi connectivity index (χ2v) is 17.6. The number of benzene rings is 6. The first-order valence-corrected chi connectivity index (χ1v) is 22.5. The van der Waals surface area contributed by atoms with Gasteiger partial charge in [-0.25, -0.2) is 18.0 Å². The summed E-state index contributed by atoms with van der Waals surface area (Å²) in [5.74, 6) is -1.81. The molecule has 14 heteroatoms. The van der Waals surface area contributed by atoms with Crippen LogP contribution in [0, 0.1) is 28.6 Å². The van der Waals surface area contributed by atoms with Crippen molar-refractivity contribution in [1.29, 1.82) is 10.5 Å². The maximum Gasteiger partial charge on any atom is 0.339 e. The maximum atomic E-state index is 12.6. The van der Waals surface area contributed by atoms with Crippen LogP contribution >= 0.6 is 0 Å². The molecule has 0 radical (unpaired) electrons. The number of hydrogen-bond acceptors (Lipinski definition) is 12. The third-order valence-corrected chi connectivity index (χ3v) is 12.4. The molecule has 3 aliphatic heterocycles. The van der Waals surface area contributed by atoms with Crippen molar-refractivity contribution in [2.75, 3.05) is 6.26 Å². The molecule has 6 aromatic carbocycles. The number of amides is 1. The average molecular weight is 898 g/mol. The number of hydrogen-bond donors (Lipinski definition) is 1. The average Bonchev–Trinajstić information content (AvgIpc) is 3.97. The highest BCUT2D eigenvalue weighted by Crippen LogP contribution is 2.38. The molecule has 66 heavy (non-hydrogen) atoms. The largest absolute Gasteiger partial charge is 0.453 e. The predicted octanol–water partition coefficient (Wildman–Crippen LogP) is 8.48. The Morgan fingerprint density at radius 2 is 1.05 bits per heavy atom. The molecule has 1 N–H and O–H groups in total. The SMILES string of the molecule is CC(C(=O)c1ccc(C#N)cc1)C1OC(=O)c2ccccc21.CS(=O)(=O)c1ccc(C(=O)CC2OC(=O)c3ccccc32)cc1.N#Cc1ccc(C(=O)CC2NC(=O)c3ccccc32)cc1. The first-order chi connectivity index (χ1) is 31.7. The van der Waals surface area contributed by atoms with Gasteiger partial charge in [0.25, 0.3) is 5.91 Å². The van der Waals surface area contributed by atoms with Gasteiger partial charge in [-0.3, -0.25) is 19.2 Å². The summed E-state index contributed by atoms with van der Waals surface area (Å²) in [5, 5.41) is 20.4. The summed E-state index contributed by atoms with van der Waals surface area (Å²) < 4.78 is 33.5. The van der Waals surface area contributed by atoms with Crippen molar-refractivity contribution < 1.29 is 46.7 Å². The van der Waals surface area contributed by atoms with Gasteiger partial charge in [0, 0.05) is 46.1 Å². The van der Waals surface area contributed by atoms with Crippen LogP contribution in [0.5, 0.6) is 0 Å². The van der Waals surface area contributed by atoms with Gasteiger partial charge in [0.1, 0.15) is 12.2 Å². The Hall–Kier alpha value is -8.33. The summed E-state index contributed by atoms with van der Waals surface area (Å²) in [7, 11) is -3.30. The second kappa shape index (κ2) is 19.6. The highest BCUT2D eigenvalue weighted by atomic mass is 32.2. The summed E-state index contributed by atoms with van der Waals surface area (Å²) >= 11 is 0. The molecule has 13 nitrogen and oxygen atoms in total. The van der Waals surface area contributed by atoms with E-state index >= 15 is 0 Å². The predicted molar refractivity (Wildman–Crippen MR) is 239 cm³/mol. The van der Waals surface area contributed by atoms with Crippen molar-refractivity contribution in [2.45, 2.75) is 42.9 Å². The molecular formula is C52H39N3O10S. The number of ether oxygens (including phenoxy) is 2. The van der Waals surface area contributed by atoms with E-state index in [2.05, 4.69) is 5.32 Å². The topological polar surface area (TPSA) is 215 Å². The van der Waals surface area contributed by atoms with Gasteiger partial charge >= 0.3 is 11.9 Å². The van der Waals surface area contributed by atoms with Crippen molar-refractivity contribution in [1.82, 2.24) is 5.32 Å². The summed E-state index contributed by atoms with van der Waals surface area (Å²) in [5.41, 5.74) is 6.43. The molecule has 0 aromatic heterocycles. The van der Waals surface area contributed by atoms with Crippen molar-refractivity contribution >= 4 is 45.0 Å². The minimum absolute atomic E-state index is 0.0287. The third-order valence-electron chi connectivity index (χ3n) is 11.3. The van der Waals surface area contributed by atoms with Gasteiger partial charge in [-0.15, -0.1) is 0 Å². The van der Waals surface area contributed by atoms with Crippen molar-refractivity contribution in [3.8, 4) is 12.1 Å². The zero-order chi connectivity index (χ0) is 47.1. The highest BCUT2D eigenvalue weighted by Gasteiger charge is 2.38. The number of nitriles is 2. The number of cyclic esters (lactones) is 2. The number of ketones is 3. The van der Waals surface area contributed by atoms with Crippen LogP contribution in [-0.2, 0) is 19.3 Å². The Balaban J connectivity index is 0.000000147. The van der Waals surface area contributed by atoms with E-state index in [9.17, 15) is 37.2 Å². The van der Waals surface area contributed by atoms with Crippen LogP contribution in [-0.4, -0.2) is 49.9 Å². The van der Waals surface area contributed by atoms with Crippen molar-refractivity contribution in [3.05, 3.63) is 207 Å². The zero-order valence-corrected chi connectivity index (χ0v) is 36.3. The first kappa shape index (κ1) is 45.7. The van der Waals surface area contributed by atoms with Gasteiger partial charge in [0.15, 0.2) is 27.2 Å². The van der Waals surface area contributed by atoms with Gasteiger partial charge in [-0.05, 0) is 60.2 Å². The molecule has 0 bridgehead atoms. The van der Waals surface area contributed by atoms with E-state index in [1.165, 1.54) is 24.3 Å². The van der Waals surface area contributed by atoms with E-state index in [4.69, 9.17) is 20.0 Å². The van der Waals surface area contributed by atoms with Crippen molar-refractivity contribution in [3.63, 3.8) is 0 Å². The number of carbonyl (C=O) groups is 6. The van der Waals surface area contributed by atoms with Gasteiger partial charge in [0.05, 0.1) is 57.7 Å². The van der Waals surface area contributed by atoms with Crippen LogP contribution in [0.2, 0.25) is 0 Å². The lowest BCUT2D eigenvalue weighted by atomic mass is 9.89. The molecule has 4 unspecified atom stereocenters. The quantitative estimate of drug-likeness (QED) is 0.101. The number of sulfone groups is 1. The van der Waals surface area contributed by atoms with Gasteiger partial charge < -0.3 is 14.8 Å². The Kier molecular flexibility index (Phi) is 13.6. The fraction of sp³-hybridized carbons (Fsp3) is 0.154. The van der Waals surface area contributed by atoms with E-state index < -0.39 is 33.9 Å². The van der Waals surface area contributed by atoms with Crippen LogP contribution < -0.4 is 5.32 Å². The van der Waals surface area contributed by atoms with Crippen LogP contribution in [0.25, 0.3) is 0 Å². The number of rotatable bonds is 10. The van der Waals surface area contributed by atoms with Crippen LogP contribution in [0.1, 0.15) is 128 Å². The molecule has 0 fully saturated rings. The van der Waals surface area contributed by atoms with Crippen LogP contribution in [0.3, 0.4) is 0 Å². The monoisotopic (exact) mass is 897 g/mol. The highest BCUT2D eigenvalue weighted by molar-refractivity contribution is 7.90.